The Morgan fingerprint density at radius 1 is 1.07 bits per heavy atom. The highest BCUT2D eigenvalue weighted by Crippen LogP contribution is 2.51. The predicted molar refractivity (Wildman–Crippen MR) is 160 cm³/mol. The number of likely N-dealkylation sites (N-methyl/N-ethyl adjacent to an activating group) is 1. The summed E-state index contributed by atoms with van der Waals surface area (Å²) in [6, 6.07) is 17.3. The van der Waals surface area contributed by atoms with E-state index in [4.69, 9.17) is 14.7 Å². The van der Waals surface area contributed by atoms with Crippen LogP contribution in [0.25, 0.3) is 10.8 Å². The van der Waals surface area contributed by atoms with Crippen LogP contribution in [0.1, 0.15) is 42.5 Å². The first-order valence-corrected chi connectivity index (χ1v) is 14.8. The molecule has 0 bridgehead atoms. The van der Waals surface area contributed by atoms with Crippen molar-refractivity contribution in [2.24, 2.45) is 15.4 Å². The maximum Gasteiger partial charge on any atom is 0.318 e. The fourth-order valence-corrected chi connectivity index (χ4v) is 7.39. The Bertz CT molecular complexity index is 1480. The lowest BCUT2D eigenvalue weighted by Gasteiger charge is -2.58. The number of aryl methyl sites for hydroxylation is 1. The van der Waals surface area contributed by atoms with Gasteiger partial charge in [0.25, 0.3) is 0 Å². The van der Waals surface area contributed by atoms with Crippen molar-refractivity contribution in [3.05, 3.63) is 53.2 Å². The van der Waals surface area contributed by atoms with Gasteiger partial charge in [-0.15, -0.1) is 0 Å². The van der Waals surface area contributed by atoms with Crippen molar-refractivity contribution >= 4 is 28.3 Å². The molecule has 8 nitrogen and oxygen atoms in total. The minimum Gasteiger partial charge on any atom is -0.462 e. The van der Waals surface area contributed by atoms with Crippen molar-refractivity contribution in [3.8, 4) is 6.01 Å². The smallest absolute Gasteiger partial charge is 0.318 e. The zero-order valence-electron chi connectivity index (χ0n) is 23.9. The van der Waals surface area contributed by atoms with Crippen molar-refractivity contribution in [1.29, 1.82) is 0 Å². The summed E-state index contributed by atoms with van der Waals surface area (Å²) in [7, 11) is 3.92. The number of aliphatic imine (C=N–C) groups is 2. The molecule has 0 unspecified atom stereocenters. The lowest BCUT2D eigenvalue weighted by atomic mass is 9.61. The van der Waals surface area contributed by atoms with E-state index in [1.807, 2.05) is 0 Å². The summed E-state index contributed by atoms with van der Waals surface area (Å²) in [4.78, 5) is 25.8. The second-order valence-electron chi connectivity index (χ2n) is 12.3. The zero-order valence-corrected chi connectivity index (χ0v) is 23.9. The van der Waals surface area contributed by atoms with E-state index in [9.17, 15) is 0 Å². The van der Waals surface area contributed by atoms with Crippen LogP contribution in [0.4, 0.5) is 11.5 Å². The number of aromatic nitrogens is 2. The van der Waals surface area contributed by atoms with E-state index in [1.165, 1.54) is 40.4 Å². The molecule has 40 heavy (non-hydrogen) atoms. The van der Waals surface area contributed by atoms with Crippen LogP contribution in [0.5, 0.6) is 6.01 Å². The fraction of sp³-hybridized carbons (Fsp3) is 0.531. The Kier molecular flexibility index (Phi) is 6.48. The Hall–Kier alpha value is -3.48. The third kappa shape index (κ3) is 4.53. The van der Waals surface area contributed by atoms with Crippen LogP contribution in [0.2, 0.25) is 0 Å². The summed E-state index contributed by atoms with van der Waals surface area (Å²) in [5, 5.41) is 2.62. The number of hydrogen-bond donors (Lipinski definition) is 0. The molecular formula is C32H39N7O. The molecule has 0 N–H and O–H groups in total. The van der Waals surface area contributed by atoms with E-state index in [0.717, 1.165) is 63.5 Å². The Labute approximate surface area is 236 Å². The van der Waals surface area contributed by atoms with Gasteiger partial charge in [0.15, 0.2) is 0 Å². The fourth-order valence-electron chi connectivity index (χ4n) is 7.39. The van der Waals surface area contributed by atoms with Crippen LogP contribution in [-0.4, -0.2) is 79.8 Å². The number of hydrogen-bond acceptors (Lipinski definition) is 8. The molecule has 8 heteroatoms. The van der Waals surface area contributed by atoms with E-state index >= 15 is 0 Å². The summed E-state index contributed by atoms with van der Waals surface area (Å²) in [6.07, 6.45) is 5.56. The number of ether oxygens (including phenoxy) is 1. The van der Waals surface area contributed by atoms with Gasteiger partial charge in [-0.25, -0.2) is 9.98 Å². The minimum absolute atomic E-state index is 0.357. The molecule has 1 aliphatic carbocycles. The van der Waals surface area contributed by atoms with Gasteiger partial charge in [0.2, 0.25) is 0 Å². The van der Waals surface area contributed by atoms with Crippen molar-refractivity contribution < 1.29 is 4.74 Å². The third-order valence-electron chi connectivity index (χ3n) is 9.56. The van der Waals surface area contributed by atoms with Crippen molar-refractivity contribution in [2.45, 2.75) is 57.7 Å². The molecule has 4 aliphatic rings. The van der Waals surface area contributed by atoms with Gasteiger partial charge in [0, 0.05) is 54.8 Å². The van der Waals surface area contributed by atoms with E-state index < -0.39 is 0 Å². The summed E-state index contributed by atoms with van der Waals surface area (Å²) >= 11 is 0. The number of anilines is 2. The third-order valence-corrected chi connectivity index (χ3v) is 9.56. The lowest BCUT2D eigenvalue weighted by molar-refractivity contribution is 0.0668. The molecule has 0 amide bonds. The van der Waals surface area contributed by atoms with Gasteiger partial charge in [-0.1, -0.05) is 30.3 Å². The maximum absolute atomic E-state index is 6.33. The monoisotopic (exact) mass is 537 g/mol. The minimum atomic E-state index is 0.357. The number of benzene rings is 2. The maximum atomic E-state index is 6.33. The molecule has 4 heterocycles. The van der Waals surface area contributed by atoms with E-state index in [-0.39, 0.29) is 0 Å². The second kappa shape index (κ2) is 10.2. The largest absolute Gasteiger partial charge is 0.462 e. The van der Waals surface area contributed by atoms with Gasteiger partial charge in [-0.2, -0.15) is 9.97 Å². The van der Waals surface area contributed by atoms with Crippen LogP contribution >= 0.6 is 0 Å². The molecule has 1 atom stereocenters. The molecule has 3 aromatic rings. The second-order valence-corrected chi connectivity index (χ2v) is 12.3. The van der Waals surface area contributed by atoms with Gasteiger partial charge in [0.05, 0.1) is 24.3 Å². The molecule has 3 fully saturated rings. The van der Waals surface area contributed by atoms with Crippen molar-refractivity contribution in [1.82, 2.24) is 14.9 Å². The average molecular weight is 538 g/mol. The number of rotatable bonds is 6. The van der Waals surface area contributed by atoms with Gasteiger partial charge in [-0.05, 0) is 69.6 Å². The van der Waals surface area contributed by atoms with Crippen LogP contribution in [0.15, 0.2) is 46.4 Å². The number of nitrogens with zero attached hydrogens (tertiary/aromatic N) is 7. The molecular weight excluding hydrogens is 498 g/mol. The molecule has 2 saturated heterocycles. The zero-order chi connectivity index (χ0) is 27.3. The van der Waals surface area contributed by atoms with Gasteiger partial charge in [-0.3, -0.25) is 0 Å². The predicted octanol–water partition coefficient (Wildman–Crippen LogP) is 4.75. The van der Waals surface area contributed by atoms with Gasteiger partial charge < -0.3 is 19.4 Å². The standard InChI is InChI=1S/C32H39N7O/c1-22-7-4-8-23-9-5-11-28(29(22)23)38-14-12-26-27(17-38)35-31(40-18-25-10-6-13-37(25)3)36-30(26)39-19-32(20-39)15-24(16-32)34-21-33-2/h4-5,7-9,11,24-25H,6,10,12-20H2,1-3H3/t25-/m0/s1. The van der Waals surface area contributed by atoms with E-state index in [1.54, 1.807) is 7.05 Å². The highest BCUT2D eigenvalue weighted by molar-refractivity contribution is 5.97. The summed E-state index contributed by atoms with van der Waals surface area (Å²) in [5.74, 6) is 1.08. The number of fused-ring (bicyclic) bond motifs is 2. The van der Waals surface area contributed by atoms with Crippen molar-refractivity contribution in [3.63, 3.8) is 0 Å². The number of likely N-dealkylation sites (tertiary alicyclic amines) is 1. The quantitative estimate of drug-likeness (QED) is 0.423. The molecule has 3 aliphatic heterocycles. The Balaban J connectivity index is 1.17. The molecule has 0 radical (unpaired) electrons. The lowest BCUT2D eigenvalue weighted by Crippen LogP contribution is -2.64. The highest BCUT2D eigenvalue weighted by Gasteiger charge is 2.53. The molecule has 1 saturated carbocycles. The summed E-state index contributed by atoms with van der Waals surface area (Å²) < 4.78 is 6.33. The Morgan fingerprint density at radius 3 is 2.67 bits per heavy atom. The van der Waals surface area contributed by atoms with Crippen LogP contribution in [0, 0.1) is 12.3 Å². The Morgan fingerprint density at radius 2 is 1.90 bits per heavy atom. The van der Waals surface area contributed by atoms with Crippen molar-refractivity contribution in [2.75, 3.05) is 56.7 Å². The topological polar surface area (TPSA) is 69.5 Å². The van der Waals surface area contributed by atoms with Gasteiger partial charge >= 0.3 is 6.01 Å². The molecule has 208 valence electrons. The SMILES string of the molecule is CN=C=NC1CC2(C1)CN(c1nc(OC[C@@H]3CCCN3C)nc3c1CCN(c1cccc4cccc(C)c14)C3)C2. The van der Waals surface area contributed by atoms with Crippen LogP contribution < -0.4 is 14.5 Å². The highest BCUT2D eigenvalue weighted by atomic mass is 16.5. The van der Waals surface area contributed by atoms with E-state index in [2.05, 4.69) is 81.1 Å². The summed E-state index contributed by atoms with van der Waals surface area (Å²) in [6.45, 7) is 7.77. The van der Waals surface area contributed by atoms with Crippen LogP contribution in [-0.2, 0) is 13.0 Å². The average Bonchev–Trinajstić information content (AvgIpc) is 3.34. The summed E-state index contributed by atoms with van der Waals surface area (Å²) in [5.41, 5.74) is 5.35. The molecule has 7 rings (SSSR count). The van der Waals surface area contributed by atoms with E-state index in [0.29, 0.717) is 30.1 Å². The first-order chi connectivity index (χ1) is 19.5. The first-order valence-electron chi connectivity index (χ1n) is 14.8. The van der Waals surface area contributed by atoms with Gasteiger partial charge in [0.1, 0.15) is 12.4 Å². The molecule has 1 aromatic heterocycles. The molecule has 1 spiro atoms. The first kappa shape index (κ1) is 25.5. The normalized spacial score (nSPS) is 22.0. The molecule has 2 aromatic carbocycles. The van der Waals surface area contributed by atoms with Crippen LogP contribution in [0.3, 0.4) is 0 Å².